The number of halogens is 2. The van der Waals surface area contributed by atoms with E-state index in [9.17, 15) is 9.18 Å². The van der Waals surface area contributed by atoms with Gasteiger partial charge in [0, 0.05) is 24.2 Å². The molecule has 2 fully saturated rings. The van der Waals surface area contributed by atoms with Gasteiger partial charge in [0.15, 0.2) is 0 Å². The molecule has 2 bridgehead atoms. The van der Waals surface area contributed by atoms with Crippen molar-refractivity contribution in [3.8, 4) is 0 Å². The first-order chi connectivity index (χ1) is 10.3. The van der Waals surface area contributed by atoms with Crippen LogP contribution in [0.5, 0.6) is 0 Å². The Kier molecular flexibility index (Phi) is 4.07. The summed E-state index contributed by atoms with van der Waals surface area (Å²) in [5.74, 6) is -0.204. The van der Waals surface area contributed by atoms with Crippen molar-refractivity contribution < 1.29 is 13.9 Å². The number of hydrogen-bond acceptors (Lipinski definition) is 3. The molecule has 3 rings (SSSR count). The third kappa shape index (κ3) is 2.94. The second-order valence-electron chi connectivity index (χ2n) is 7.07. The van der Waals surface area contributed by atoms with Gasteiger partial charge in [-0.1, -0.05) is 0 Å². The van der Waals surface area contributed by atoms with Crippen molar-refractivity contribution in [1.29, 1.82) is 0 Å². The second-order valence-corrected chi connectivity index (χ2v) is 8.23. The highest BCUT2D eigenvalue weighted by Gasteiger charge is 2.50. The summed E-state index contributed by atoms with van der Waals surface area (Å²) in [6.45, 7) is 5.64. The Bertz CT molecular complexity index is 602. The smallest absolute Gasteiger partial charge is 0.410 e. The minimum atomic E-state index is -0.485. The Hall–Kier alpha value is -0.920. The quantitative estimate of drug-likeness (QED) is 0.510. The summed E-state index contributed by atoms with van der Waals surface area (Å²) in [6, 6.07) is 2.22. The average Bonchev–Trinajstić information content (AvgIpc) is 2.97. The molecule has 4 nitrogen and oxygen atoms in total. The molecular formula is C16H20FIN2O2. The zero-order chi connectivity index (χ0) is 16.1. The van der Waals surface area contributed by atoms with Crippen molar-refractivity contribution in [3.05, 3.63) is 27.3 Å². The van der Waals surface area contributed by atoms with Crippen LogP contribution in [0.4, 0.5) is 9.18 Å². The third-order valence-electron chi connectivity index (χ3n) is 4.39. The number of carbonyl (C=O) groups is 1. The van der Waals surface area contributed by atoms with Crippen LogP contribution < -0.4 is 0 Å². The summed E-state index contributed by atoms with van der Waals surface area (Å²) in [6.07, 6.45) is 4.28. The highest BCUT2D eigenvalue weighted by Crippen LogP contribution is 2.47. The standard InChI is InChI=1S/C16H20FIN2O2/c1-16(2,3)22-15(21)20-10-4-5-13(20)11(7-10)9-6-12(18)14(17)19-8-9/h6,8,10-11,13H,4-5,7H2,1-3H3/t10-,11+,13+/m0/s1. The van der Waals surface area contributed by atoms with Gasteiger partial charge in [0.25, 0.3) is 0 Å². The molecule has 0 aliphatic carbocycles. The molecule has 2 saturated heterocycles. The SMILES string of the molecule is CC(C)(C)OC(=O)N1[C@H]2CC[C@@H]1[C@@H](c1cnc(F)c(I)c1)C2. The molecule has 0 unspecified atom stereocenters. The highest BCUT2D eigenvalue weighted by atomic mass is 127. The number of fused-ring (bicyclic) bond motifs is 2. The van der Waals surface area contributed by atoms with Crippen LogP contribution >= 0.6 is 22.6 Å². The van der Waals surface area contributed by atoms with Gasteiger partial charge >= 0.3 is 6.09 Å². The highest BCUT2D eigenvalue weighted by molar-refractivity contribution is 14.1. The molecule has 2 aliphatic rings. The van der Waals surface area contributed by atoms with E-state index >= 15 is 0 Å². The minimum absolute atomic E-state index is 0.142. The van der Waals surface area contributed by atoms with Crippen molar-refractivity contribution in [1.82, 2.24) is 9.88 Å². The summed E-state index contributed by atoms with van der Waals surface area (Å²) in [5, 5.41) is 0. The van der Waals surface area contributed by atoms with Crippen LogP contribution in [0.25, 0.3) is 0 Å². The van der Waals surface area contributed by atoms with Crippen molar-refractivity contribution in [2.45, 2.75) is 63.6 Å². The molecule has 3 heterocycles. The lowest BCUT2D eigenvalue weighted by Gasteiger charge is -2.28. The summed E-state index contributed by atoms with van der Waals surface area (Å²) >= 11 is 1.96. The second kappa shape index (κ2) is 5.62. The first-order valence-electron chi connectivity index (χ1n) is 7.58. The van der Waals surface area contributed by atoms with Crippen LogP contribution in [0.3, 0.4) is 0 Å². The van der Waals surface area contributed by atoms with E-state index in [0.717, 1.165) is 24.8 Å². The molecule has 1 aromatic heterocycles. The molecule has 0 N–H and O–H groups in total. The zero-order valence-corrected chi connectivity index (χ0v) is 15.1. The molecule has 3 atom stereocenters. The van der Waals surface area contributed by atoms with Gasteiger partial charge in [-0.2, -0.15) is 4.39 Å². The average molecular weight is 418 g/mol. The summed E-state index contributed by atoms with van der Waals surface area (Å²) < 4.78 is 19.4. The number of ether oxygens (including phenoxy) is 1. The Labute approximate surface area is 143 Å². The van der Waals surface area contributed by atoms with Crippen LogP contribution in [-0.2, 0) is 4.74 Å². The Balaban J connectivity index is 1.81. The fraction of sp³-hybridized carbons (Fsp3) is 0.625. The maximum absolute atomic E-state index is 13.4. The van der Waals surface area contributed by atoms with E-state index in [0.29, 0.717) is 3.57 Å². The molecular weight excluding hydrogens is 398 g/mol. The maximum atomic E-state index is 13.4. The number of pyridine rings is 1. The predicted molar refractivity (Wildman–Crippen MR) is 89.2 cm³/mol. The lowest BCUT2D eigenvalue weighted by Crippen LogP contribution is -2.40. The van der Waals surface area contributed by atoms with E-state index in [1.807, 2.05) is 54.3 Å². The molecule has 0 spiro atoms. The van der Waals surface area contributed by atoms with E-state index in [1.54, 1.807) is 6.20 Å². The topological polar surface area (TPSA) is 42.4 Å². The lowest BCUT2D eigenvalue weighted by atomic mass is 9.85. The number of rotatable bonds is 1. The predicted octanol–water partition coefficient (Wildman–Crippen LogP) is 4.08. The van der Waals surface area contributed by atoms with Gasteiger partial charge in [0.1, 0.15) is 5.60 Å². The monoisotopic (exact) mass is 418 g/mol. The van der Waals surface area contributed by atoms with Crippen molar-refractivity contribution in [3.63, 3.8) is 0 Å². The first kappa shape index (κ1) is 16.0. The fourth-order valence-electron chi connectivity index (χ4n) is 3.58. The molecule has 0 saturated carbocycles. The summed E-state index contributed by atoms with van der Waals surface area (Å²) in [5.41, 5.74) is 0.535. The lowest BCUT2D eigenvalue weighted by molar-refractivity contribution is 0.0213. The Morgan fingerprint density at radius 2 is 2.18 bits per heavy atom. The van der Waals surface area contributed by atoms with Crippen LogP contribution in [-0.4, -0.2) is 33.7 Å². The van der Waals surface area contributed by atoms with Gasteiger partial charge in [0.2, 0.25) is 5.95 Å². The number of aromatic nitrogens is 1. The first-order valence-corrected chi connectivity index (χ1v) is 8.66. The van der Waals surface area contributed by atoms with E-state index in [2.05, 4.69) is 4.98 Å². The minimum Gasteiger partial charge on any atom is -0.444 e. The third-order valence-corrected chi connectivity index (χ3v) is 5.14. The molecule has 6 heteroatoms. The van der Waals surface area contributed by atoms with Crippen molar-refractivity contribution in [2.24, 2.45) is 0 Å². The van der Waals surface area contributed by atoms with Gasteiger partial charge < -0.3 is 9.64 Å². The summed E-state index contributed by atoms with van der Waals surface area (Å²) in [4.78, 5) is 18.2. The zero-order valence-electron chi connectivity index (χ0n) is 13.0. The van der Waals surface area contributed by atoms with Crippen LogP contribution in [0, 0.1) is 9.52 Å². The summed E-state index contributed by atoms with van der Waals surface area (Å²) in [7, 11) is 0. The van der Waals surface area contributed by atoms with E-state index in [4.69, 9.17) is 4.74 Å². The number of hydrogen-bond donors (Lipinski definition) is 0. The number of amides is 1. The van der Waals surface area contributed by atoms with Gasteiger partial charge in [0.05, 0.1) is 3.57 Å². The molecule has 0 aromatic carbocycles. The fourth-order valence-corrected chi connectivity index (χ4v) is 4.08. The van der Waals surface area contributed by atoms with Gasteiger partial charge in [-0.3, -0.25) is 0 Å². The molecule has 22 heavy (non-hydrogen) atoms. The van der Waals surface area contributed by atoms with Crippen molar-refractivity contribution >= 4 is 28.7 Å². The Morgan fingerprint density at radius 1 is 1.45 bits per heavy atom. The number of nitrogens with zero attached hydrogens (tertiary/aromatic N) is 2. The number of carbonyl (C=O) groups excluding carboxylic acids is 1. The Morgan fingerprint density at radius 3 is 2.82 bits per heavy atom. The van der Waals surface area contributed by atoms with E-state index in [1.165, 1.54) is 0 Å². The van der Waals surface area contributed by atoms with Crippen LogP contribution in [0.15, 0.2) is 12.3 Å². The van der Waals surface area contributed by atoms with Gasteiger partial charge in [-0.05, 0) is 74.3 Å². The van der Waals surface area contributed by atoms with Gasteiger partial charge in [-0.25, -0.2) is 9.78 Å². The molecule has 1 aromatic rings. The van der Waals surface area contributed by atoms with Crippen molar-refractivity contribution in [2.75, 3.05) is 0 Å². The maximum Gasteiger partial charge on any atom is 0.410 e. The molecule has 0 radical (unpaired) electrons. The molecule has 120 valence electrons. The van der Waals surface area contributed by atoms with Gasteiger partial charge in [-0.15, -0.1) is 0 Å². The van der Waals surface area contributed by atoms with E-state index in [-0.39, 0.29) is 24.1 Å². The van der Waals surface area contributed by atoms with E-state index < -0.39 is 11.5 Å². The largest absolute Gasteiger partial charge is 0.444 e. The van der Waals surface area contributed by atoms with Crippen LogP contribution in [0.1, 0.15) is 51.5 Å². The van der Waals surface area contributed by atoms with Crippen LogP contribution in [0.2, 0.25) is 0 Å². The molecule has 1 amide bonds. The normalized spacial score (nSPS) is 27.3. The molecule has 2 aliphatic heterocycles.